The molecule has 3 atom stereocenters. The fourth-order valence-corrected chi connectivity index (χ4v) is 10.1. The molecule has 14 heterocycles. The van der Waals surface area contributed by atoms with Crippen molar-refractivity contribution in [2.45, 2.75) is 115 Å². The first-order valence-corrected chi connectivity index (χ1v) is 34.7. The number of amides is 2. The minimum absolute atomic E-state index is 0.0285. The summed E-state index contributed by atoms with van der Waals surface area (Å²) >= 11 is 0. The van der Waals surface area contributed by atoms with Crippen LogP contribution in [0.5, 0.6) is 0 Å². The molecule has 11 aromatic heterocycles. The van der Waals surface area contributed by atoms with Gasteiger partial charge in [-0.05, 0) is 201 Å². The van der Waals surface area contributed by atoms with Gasteiger partial charge in [-0.15, -0.1) is 0 Å². The molecule has 1 saturated carbocycles. The molecule has 2 amide bonds. The van der Waals surface area contributed by atoms with Crippen molar-refractivity contribution in [3.05, 3.63) is 239 Å². The summed E-state index contributed by atoms with van der Waals surface area (Å²) < 4.78 is 26.5. The fraction of sp³-hybridized carbons (Fsp3) is 0.275. The first kappa shape index (κ1) is 76.2. The van der Waals surface area contributed by atoms with Gasteiger partial charge in [-0.2, -0.15) is 15.0 Å². The van der Waals surface area contributed by atoms with E-state index >= 15 is 0 Å². The molecule has 0 aromatic carbocycles. The SMILES string of the molecule is C(#Cc1ccccn1)c1ccc(-c2noc(C3CCC3)n2)nc1.CC(C)(C)OC(=O)N1CCC1C(=O)O.CC(C)(C)OC(=O)N1CCC1c1nc(-c2ccc(C#Cc3ccccn3)cn2)no1.CN1CCC1c1nc(-c2ccc(C#Cc3ccccn3)cn2)no1.N/C(=N\O)c1ccc(C#Cc2ccccn2)cn1. The second-order valence-corrected chi connectivity index (χ2v) is 26.6. The number of aliphatic carboxylic acids is 1. The summed E-state index contributed by atoms with van der Waals surface area (Å²) in [5, 5.41) is 32.1. The fourth-order valence-electron chi connectivity index (χ4n) is 10.1. The van der Waals surface area contributed by atoms with Crippen molar-refractivity contribution in [1.82, 2.24) is 85.0 Å². The number of nitrogens with two attached hydrogens (primary N) is 1. The Morgan fingerprint density at radius 1 is 0.468 bits per heavy atom. The van der Waals surface area contributed by atoms with E-state index in [1.54, 1.807) is 93.4 Å². The van der Waals surface area contributed by atoms with Crippen molar-refractivity contribution in [1.29, 1.82) is 0 Å². The largest absolute Gasteiger partial charge is 0.480 e. The molecule has 4 aliphatic rings. The van der Waals surface area contributed by atoms with Crippen LogP contribution in [0.1, 0.15) is 166 Å². The Bertz CT molecular complexity index is 5160. The third-order valence-corrected chi connectivity index (χ3v) is 16.3. The van der Waals surface area contributed by atoms with Crippen molar-refractivity contribution in [2.24, 2.45) is 10.9 Å². The van der Waals surface area contributed by atoms with Gasteiger partial charge in [0.1, 0.15) is 68.8 Å². The van der Waals surface area contributed by atoms with Crippen molar-refractivity contribution in [3.8, 4) is 81.9 Å². The summed E-state index contributed by atoms with van der Waals surface area (Å²) in [6.45, 7) is 12.9. The van der Waals surface area contributed by atoms with Crippen LogP contribution in [0, 0.1) is 47.4 Å². The molecule has 0 bridgehead atoms. The van der Waals surface area contributed by atoms with Crippen LogP contribution in [0.2, 0.25) is 0 Å². The van der Waals surface area contributed by atoms with Gasteiger partial charge in [-0.3, -0.25) is 34.6 Å². The summed E-state index contributed by atoms with van der Waals surface area (Å²) in [5.74, 6) is 26.5. The second-order valence-electron chi connectivity index (χ2n) is 26.6. The molecule has 29 nitrogen and oxygen atoms in total. The molecular formula is C80H75N19O10. The van der Waals surface area contributed by atoms with Crippen molar-refractivity contribution in [3.63, 3.8) is 0 Å². The second kappa shape index (κ2) is 36.2. The predicted octanol–water partition coefficient (Wildman–Crippen LogP) is 11.2. The molecule has 3 saturated heterocycles. The van der Waals surface area contributed by atoms with Gasteiger partial charge >= 0.3 is 18.2 Å². The molecule has 4 N–H and O–H groups in total. The van der Waals surface area contributed by atoms with E-state index in [4.69, 9.17) is 39.1 Å². The van der Waals surface area contributed by atoms with Gasteiger partial charge in [-0.1, -0.05) is 75.0 Å². The van der Waals surface area contributed by atoms with E-state index in [1.165, 1.54) is 11.3 Å². The van der Waals surface area contributed by atoms with E-state index in [-0.39, 0.29) is 24.0 Å². The van der Waals surface area contributed by atoms with Crippen molar-refractivity contribution >= 4 is 24.0 Å². The van der Waals surface area contributed by atoms with Gasteiger partial charge < -0.3 is 39.1 Å². The van der Waals surface area contributed by atoms with Crippen molar-refractivity contribution in [2.75, 3.05) is 26.7 Å². The number of rotatable bonds is 8. The normalized spacial score (nSPS) is 15.5. The highest BCUT2D eigenvalue weighted by Gasteiger charge is 2.41. The van der Waals surface area contributed by atoms with Gasteiger partial charge in [0.2, 0.25) is 35.1 Å². The van der Waals surface area contributed by atoms with Crippen LogP contribution in [-0.2, 0) is 14.3 Å². The highest BCUT2D eigenvalue weighted by Crippen LogP contribution is 2.37. The van der Waals surface area contributed by atoms with Gasteiger partial charge in [0.15, 0.2) is 5.84 Å². The molecular weight excluding hydrogens is 1390 g/mol. The Morgan fingerprint density at radius 2 is 0.853 bits per heavy atom. The molecule has 15 rings (SSSR count). The van der Waals surface area contributed by atoms with Gasteiger partial charge in [0.05, 0.1) is 6.04 Å². The molecule has 11 aromatic rings. The minimum atomic E-state index is -0.970. The van der Waals surface area contributed by atoms with Gasteiger partial charge in [-0.25, -0.2) is 34.3 Å². The molecule has 3 unspecified atom stereocenters. The number of carboxylic acid groups (broad SMARTS) is 1. The third kappa shape index (κ3) is 22.1. The number of carbonyl (C=O) groups is 3. The third-order valence-electron chi connectivity index (χ3n) is 16.3. The zero-order valence-electron chi connectivity index (χ0n) is 60.6. The molecule has 550 valence electrons. The first-order valence-electron chi connectivity index (χ1n) is 34.7. The number of aromatic nitrogens is 14. The number of nitrogens with zero attached hydrogens (tertiary/aromatic N) is 18. The molecule has 4 fully saturated rings. The number of pyridine rings is 8. The Hall–Kier alpha value is -13.9. The van der Waals surface area contributed by atoms with E-state index in [0.717, 1.165) is 71.8 Å². The van der Waals surface area contributed by atoms with Crippen LogP contribution in [0.15, 0.2) is 190 Å². The van der Waals surface area contributed by atoms with E-state index in [2.05, 4.69) is 128 Å². The van der Waals surface area contributed by atoms with Crippen LogP contribution >= 0.6 is 0 Å². The zero-order chi connectivity index (χ0) is 76.7. The maximum atomic E-state index is 12.3. The summed E-state index contributed by atoms with van der Waals surface area (Å²) in [5.41, 5.74) is 12.6. The van der Waals surface area contributed by atoms with E-state index < -0.39 is 29.3 Å². The Kier molecular flexibility index (Phi) is 25.3. The quantitative estimate of drug-likeness (QED) is 0.0418. The number of likely N-dealkylation sites (tertiary alicyclic amines) is 3. The monoisotopic (exact) mass is 1460 g/mol. The molecule has 1 aliphatic carbocycles. The molecule has 29 heteroatoms. The molecule has 3 aliphatic heterocycles. The lowest BCUT2D eigenvalue weighted by atomic mass is 9.85. The first-order chi connectivity index (χ1) is 52.7. The lowest BCUT2D eigenvalue weighted by Crippen LogP contribution is -2.56. The average Bonchev–Trinajstić information content (AvgIpc) is 1.74. The number of hydrogen-bond acceptors (Lipinski definition) is 25. The molecule has 0 radical (unpaired) electrons. The summed E-state index contributed by atoms with van der Waals surface area (Å²) in [6.07, 6.45) is 18.3. The Labute approximate surface area is 627 Å². The van der Waals surface area contributed by atoms with E-state index in [0.29, 0.717) is 88.8 Å². The zero-order valence-corrected chi connectivity index (χ0v) is 60.6. The molecule has 109 heavy (non-hydrogen) atoms. The number of carboxylic acids is 1. The number of hydrogen-bond donors (Lipinski definition) is 3. The van der Waals surface area contributed by atoms with Crippen LogP contribution < -0.4 is 5.73 Å². The lowest BCUT2D eigenvalue weighted by Gasteiger charge is -2.39. The smallest absolute Gasteiger partial charge is 0.411 e. The van der Waals surface area contributed by atoms with Gasteiger partial charge in [0, 0.05) is 97.4 Å². The average molecular weight is 1460 g/mol. The number of ether oxygens (including phenoxy) is 2. The van der Waals surface area contributed by atoms with Crippen LogP contribution in [0.25, 0.3) is 34.6 Å². The summed E-state index contributed by atoms with van der Waals surface area (Å²) in [4.78, 5) is 86.3. The van der Waals surface area contributed by atoms with E-state index in [9.17, 15) is 14.4 Å². The van der Waals surface area contributed by atoms with Crippen molar-refractivity contribution < 1.29 is 47.7 Å². The number of amidine groups is 1. The highest BCUT2D eigenvalue weighted by molar-refractivity contribution is 5.95. The van der Waals surface area contributed by atoms with Crippen LogP contribution in [0.4, 0.5) is 9.59 Å². The Balaban J connectivity index is 0.000000138. The number of carbonyl (C=O) groups excluding carboxylic acids is 2. The standard InChI is InChI=1S/C22H21N5O3.C18H15N5O.C18H14N4O.C13H10N4O.C9H15NO4/c1-22(2,3)29-21(28)27-13-11-18(27)20-25-19(26-30-20)17-10-8-15(14-24-17)7-9-16-6-4-5-12-23-16;1-23-11-9-16(23)18-21-17(22-24-18)15-8-6-13(12-20-15)5-7-14-4-2-3-10-19-14;1-2-11-19-15(6-1)9-7-13-8-10-16(20-12-13)17-21-18(23-22-17)14-4-3-5-14;14-13(17-18)12-7-5-10(9-16-12)4-6-11-3-1-2-8-15-11;1-9(2,3)14-8(13)10-5-4-6(10)7(11)12/h4-6,8,10,12,14,18H,11,13H2,1-3H3;2-4,6,8,10,12,16H,9,11H2,1H3;1-2,6,8,10-12,14H,3-5H2;1-3,5,7-9,18H,(H2,14,17);6H,4-5H2,1-3H3,(H,11,12). The van der Waals surface area contributed by atoms with Crippen LogP contribution in [-0.4, -0.2) is 163 Å². The highest BCUT2D eigenvalue weighted by atomic mass is 16.6. The predicted molar refractivity (Wildman–Crippen MR) is 396 cm³/mol. The minimum Gasteiger partial charge on any atom is -0.480 e. The molecule has 0 spiro atoms. The van der Waals surface area contributed by atoms with E-state index in [1.807, 2.05) is 131 Å². The lowest BCUT2D eigenvalue weighted by molar-refractivity contribution is -0.147. The Morgan fingerprint density at radius 3 is 1.15 bits per heavy atom. The topological polar surface area (TPSA) is 378 Å². The van der Waals surface area contributed by atoms with Crippen LogP contribution in [0.3, 0.4) is 0 Å². The number of oxime groups is 1. The maximum Gasteiger partial charge on any atom is 0.411 e. The van der Waals surface area contributed by atoms with Gasteiger partial charge in [0.25, 0.3) is 0 Å². The summed E-state index contributed by atoms with van der Waals surface area (Å²) in [6, 6.07) is 36.1. The summed E-state index contributed by atoms with van der Waals surface area (Å²) in [7, 11) is 2.05. The maximum absolute atomic E-state index is 12.3.